The Morgan fingerprint density at radius 2 is 1.93 bits per heavy atom. The minimum atomic E-state index is -0.703. The number of hydrogen-bond donors (Lipinski definition) is 1. The summed E-state index contributed by atoms with van der Waals surface area (Å²) in [5.41, 5.74) is 7.74. The van der Waals surface area contributed by atoms with Gasteiger partial charge in [0.1, 0.15) is 5.82 Å². The first-order valence-corrected chi connectivity index (χ1v) is 8.34. The van der Waals surface area contributed by atoms with E-state index in [1.165, 1.54) is 30.3 Å². The van der Waals surface area contributed by atoms with Gasteiger partial charge in [0.15, 0.2) is 17.3 Å². The third-order valence-corrected chi connectivity index (χ3v) is 3.95. The molecular weight excluding hydrogens is 366 g/mol. The van der Waals surface area contributed by atoms with Gasteiger partial charge >= 0.3 is 0 Å². The van der Waals surface area contributed by atoms with E-state index in [0.29, 0.717) is 34.8 Å². The van der Waals surface area contributed by atoms with E-state index < -0.39 is 11.8 Å². The van der Waals surface area contributed by atoms with E-state index in [0.717, 1.165) is 0 Å². The highest BCUT2D eigenvalue weighted by atomic mass is 19.1. The van der Waals surface area contributed by atoms with Crippen molar-refractivity contribution in [2.24, 2.45) is 0 Å². The smallest absolute Gasteiger partial charge is 0.222 e. The molecule has 0 amide bonds. The van der Waals surface area contributed by atoms with Crippen LogP contribution >= 0.6 is 0 Å². The van der Waals surface area contributed by atoms with Gasteiger partial charge in [0, 0.05) is 24.8 Å². The predicted molar refractivity (Wildman–Crippen MR) is 97.6 cm³/mol. The Hall–Kier alpha value is -3.81. The minimum absolute atomic E-state index is 0.0261. The molecule has 3 heterocycles. The molecule has 6 nitrogen and oxygen atoms in total. The van der Waals surface area contributed by atoms with Crippen molar-refractivity contribution in [3.8, 4) is 23.0 Å². The fourth-order valence-corrected chi connectivity index (χ4v) is 2.65. The Morgan fingerprint density at radius 3 is 2.71 bits per heavy atom. The highest BCUT2D eigenvalue weighted by Crippen LogP contribution is 2.27. The molecule has 0 atom stereocenters. The van der Waals surface area contributed by atoms with Gasteiger partial charge in [0.25, 0.3) is 0 Å². The molecule has 0 aliphatic heterocycles. The van der Waals surface area contributed by atoms with Crippen LogP contribution in [-0.4, -0.2) is 15.1 Å². The van der Waals surface area contributed by atoms with Gasteiger partial charge in [-0.3, -0.25) is 0 Å². The Balaban J connectivity index is 1.50. The Labute approximate surface area is 158 Å². The SMILES string of the molecule is Nc1ncccc1-c1cc(Cc2ccc(Oc3cccc(F)n3)c(F)c2)no1. The molecule has 0 radical (unpaired) electrons. The number of nitrogen functional groups attached to an aromatic ring is 1. The van der Waals surface area contributed by atoms with Crippen LogP contribution in [0.5, 0.6) is 11.6 Å². The third kappa shape index (κ3) is 3.80. The number of nitrogens with zero attached hydrogens (tertiary/aromatic N) is 3. The van der Waals surface area contributed by atoms with Crippen molar-refractivity contribution in [1.82, 2.24) is 15.1 Å². The maximum absolute atomic E-state index is 14.3. The first-order valence-electron chi connectivity index (χ1n) is 8.34. The molecule has 3 aromatic heterocycles. The summed E-state index contributed by atoms with van der Waals surface area (Å²) in [7, 11) is 0. The summed E-state index contributed by atoms with van der Waals surface area (Å²) in [5.74, 6) is -0.552. The van der Waals surface area contributed by atoms with Crippen LogP contribution in [-0.2, 0) is 6.42 Å². The van der Waals surface area contributed by atoms with Crippen LogP contribution in [0.3, 0.4) is 0 Å². The van der Waals surface area contributed by atoms with Gasteiger partial charge in [0.05, 0.1) is 11.3 Å². The number of anilines is 1. The fraction of sp³-hybridized carbons (Fsp3) is 0.0500. The number of aromatic nitrogens is 3. The van der Waals surface area contributed by atoms with Crippen LogP contribution in [0.1, 0.15) is 11.3 Å². The number of nitrogens with two attached hydrogens (primary N) is 1. The van der Waals surface area contributed by atoms with Gasteiger partial charge in [-0.25, -0.2) is 9.37 Å². The van der Waals surface area contributed by atoms with Crippen molar-refractivity contribution in [2.45, 2.75) is 6.42 Å². The number of halogens is 2. The molecule has 2 N–H and O–H groups in total. The second-order valence-electron chi connectivity index (χ2n) is 5.96. The highest BCUT2D eigenvalue weighted by Gasteiger charge is 2.12. The van der Waals surface area contributed by atoms with Gasteiger partial charge in [-0.2, -0.15) is 9.37 Å². The molecule has 0 fully saturated rings. The van der Waals surface area contributed by atoms with E-state index in [1.54, 1.807) is 30.5 Å². The first-order chi connectivity index (χ1) is 13.6. The van der Waals surface area contributed by atoms with Crippen LogP contribution in [0.2, 0.25) is 0 Å². The maximum atomic E-state index is 14.3. The summed E-state index contributed by atoms with van der Waals surface area (Å²) < 4.78 is 38.1. The van der Waals surface area contributed by atoms with E-state index in [1.807, 2.05) is 0 Å². The van der Waals surface area contributed by atoms with Gasteiger partial charge in [-0.15, -0.1) is 0 Å². The largest absolute Gasteiger partial charge is 0.436 e. The first kappa shape index (κ1) is 17.6. The average molecular weight is 380 g/mol. The molecule has 0 bridgehead atoms. The van der Waals surface area contributed by atoms with Crippen molar-refractivity contribution in [2.75, 3.05) is 5.73 Å². The lowest BCUT2D eigenvalue weighted by molar-refractivity contribution is 0.415. The Bertz CT molecular complexity index is 1130. The summed E-state index contributed by atoms with van der Waals surface area (Å²) in [6.07, 6.45) is 1.93. The fourth-order valence-electron chi connectivity index (χ4n) is 2.65. The zero-order chi connectivity index (χ0) is 19.5. The molecule has 8 heteroatoms. The van der Waals surface area contributed by atoms with Gasteiger partial charge < -0.3 is 15.0 Å². The number of hydrogen-bond acceptors (Lipinski definition) is 6. The molecule has 0 spiro atoms. The van der Waals surface area contributed by atoms with Crippen molar-refractivity contribution in [3.05, 3.63) is 83.8 Å². The Kier molecular flexibility index (Phi) is 4.67. The quantitative estimate of drug-likeness (QED) is 0.517. The zero-order valence-electron chi connectivity index (χ0n) is 14.5. The molecule has 0 aliphatic carbocycles. The van der Waals surface area contributed by atoms with Crippen LogP contribution < -0.4 is 10.5 Å². The molecule has 4 rings (SSSR count). The summed E-state index contributed by atoms with van der Waals surface area (Å²) in [6.45, 7) is 0. The lowest BCUT2D eigenvalue weighted by Crippen LogP contribution is -1.95. The van der Waals surface area contributed by atoms with E-state index >= 15 is 0 Å². The van der Waals surface area contributed by atoms with Crippen LogP contribution in [0.25, 0.3) is 11.3 Å². The molecule has 28 heavy (non-hydrogen) atoms. The number of benzene rings is 1. The molecule has 1 aromatic carbocycles. The van der Waals surface area contributed by atoms with Crippen molar-refractivity contribution in [1.29, 1.82) is 0 Å². The van der Waals surface area contributed by atoms with E-state index in [4.69, 9.17) is 15.0 Å². The summed E-state index contributed by atoms with van der Waals surface area (Å²) in [4.78, 5) is 7.55. The van der Waals surface area contributed by atoms with Crippen LogP contribution in [0.15, 0.2) is 65.3 Å². The Morgan fingerprint density at radius 1 is 1.04 bits per heavy atom. The average Bonchev–Trinajstić information content (AvgIpc) is 3.13. The number of rotatable bonds is 5. The minimum Gasteiger partial charge on any atom is -0.436 e. The molecule has 4 aromatic rings. The van der Waals surface area contributed by atoms with Crippen molar-refractivity contribution in [3.63, 3.8) is 0 Å². The van der Waals surface area contributed by atoms with Crippen molar-refractivity contribution < 1.29 is 18.0 Å². The summed E-state index contributed by atoms with van der Waals surface area (Å²) >= 11 is 0. The third-order valence-electron chi connectivity index (χ3n) is 3.95. The predicted octanol–water partition coefficient (Wildman–Crippen LogP) is 4.38. The standard InChI is InChI=1S/C20H14F2N4O2/c21-15-10-12(6-7-16(15)27-19-5-1-4-18(22)25-19)9-13-11-17(28-26-13)14-3-2-8-24-20(14)23/h1-8,10-11H,9H2,(H2,23,24). The molecule has 0 saturated heterocycles. The molecule has 0 unspecified atom stereocenters. The van der Waals surface area contributed by atoms with Gasteiger partial charge in [-0.1, -0.05) is 17.3 Å². The van der Waals surface area contributed by atoms with Crippen LogP contribution in [0, 0.1) is 11.8 Å². The van der Waals surface area contributed by atoms with Gasteiger partial charge in [-0.05, 0) is 35.9 Å². The molecule has 0 aliphatic rings. The van der Waals surface area contributed by atoms with E-state index in [9.17, 15) is 8.78 Å². The number of ether oxygens (including phenoxy) is 1. The highest BCUT2D eigenvalue weighted by molar-refractivity contribution is 5.69. The summed E-state index contributed by atoms with van der Waals surface area (Å²) in [5, 5.41) is 3.99. The molecule has 0 saturated carbocycles. The lowest BCUT2D eigenvalue weighted by atomic mass is 10.1. The number of pyridine rings is 2. The zero-order valence-corrected chi connectivity index (χ0v) is 14.5. The lowest BCUT2D eigenvalue weighted by Gasteiger charge is -2.07. The maximum Gasteiger partial charge on any atom is 0.222 e. The second kappa shape index (κ2) is 7.43. The summed E-state index contributed by atoms with van der Waals surface area (Å²) in [6, 6.07) is 13.8. The van der Waals surface area contributed by atoms with Gasteiger partial charge in [0.2, 0.25) is 11.8 Å². The monoisotopic (exact) mass is 380 g/mol. The van der Waals surface area contributed by atoms with Crippen molar-refractivity contribution >= 4 is 5.82 Å². The molecule has 140 valence electrons. The van der Waals surface area contributed by atoms with Crippen LogP contribution in [0.4, 0.5) is 14.6 Å². The topological polar surface area (TPSA) is 87.1 Å². The van der Waals surface area contributed by atoms with E-state index in [-0.39, 0.29) is 11.6 Å². The molecular formula is C20H14F2N4O2. The second-order valence-corrected chi connectivity index (χ2v) is 5.96. The normalized spacial score (nSPS) is 10.8. The van der Waals surface area contributed by atoms with E-state index in [2.05, 4.69) is 15.1 Å².